The van der Waals surface area contributed by atoms with Crippen LogP contribution in [-0.4, -0.2) is 23.8 Å². The molecule has 0 aliphatic carbocycles. The van der Waals surface area contributed by atoms with Gasteiger partial charge in [0, 0.05) is 6.61 Å². The van der Waals surface area contributed by atoms with E-state index in [9.17, 15) is 4.79 Å². The summed E-state index contributed by atoms with van der Waals surface area (Å²) in [6.07, 6.45) is -0.729. The van der Waals surface area contributed by atoms with Gasteiger partial charge in [-0.05, 0) is 13.8 Å². The van der Waals surface area contributed by atoms with Crippen LogP contribution in [0.15, 0.2) is 0 Å². The Bertz CT molecular complexity index is 79.7. The Morgan fingerprint density at radius 1 is 2.00 bits per heavy atom. The second kappa shape index (κ2) is 3.43. The highest BCUT2D eigenvalue weighted by atomic mass is 16.5. The van der Waals surface area contributed by atoms with Crippen molar-refractivity contribution < 1.29 is 14.6 Å². The van der Waals surface area contributed by atoms with Crippen molar-refractivity contribution in [3.63, 3.8) is 0 Å². The standard InChI is InChI=1S/C5H9O3/c1-3-8-4(2)5(6)7/h4H,1,3H2,2H3,(H,6,7). The fourth-order valence-corrected chi connectivity index (χ4v) is 0.248. The van der Waals surface area contributed by atoms with Gasteiger partial charge in [-0.25, -0.2) is 4.79 Å². The summed E-state index contributed by atoms with van der Waals surface area (Å²) in [5.41, 5.74) is 0. The summed E-state index contributed by atoms with van der Waals surface area (Å²) in [6.45, 7) is 4.99. The van der Waals surface area contributed by atoms with Crippen LogP contribution in [0.1, 0.15) is 6.92 Å². The van der Waals surface area contributed by atoms with Gasteiger partial charge in [-0.3, -0.25) is 0 Å². The fraction of sp³-hybridized carbons (Fsp3) is 0.600. The lowest BCUT2D eigenvalue weighted by molar-refractivity contribution is -0.148. The first-order chi connectivity index (χ1) is 3.68. The first-order valence-corrected chi connectivity index (χ1v) is 2.32. The SMILES string of the molecule is [CH2]COC(C)C(=O)O. The topological polar surface area (TPSA) is 46.5 Å². The Balaban J connectivity index is 3.32. The molecule has 0 aromatic carbocycles. The molecule has 0 bridgehead atoms. The summed E-state index contributed by atoms with van der Waals surface area (Å²) >= 11 is 0. The van der Waals surface area contributed by atoms with E-state index in [1.165, 1.54) is 6.92 Å². The van der Waals surface area contributed by atoms with Gasteiger partial charge < -0.3 is 9.84 Å². The smallest absolute Gasteiger partial charge is 0.332 e. The van der Waals surface area contributed by atoms with Gasteiger partial charge in [-0.1, -0.05) is 0 Å². The van der Waals surface area contributed by atoms with Crippen LogP contribution < -0.4 is 0 Å². The molecule has 0 heterocycles. The molecule has 0 saturated heterocycles. The van der Waals surface area contributed by atoms with E-state index in [1.54, 1.807) is 0 Å². The van der Waals surface area contributed by atoms with E-state index in [0.717, 1.165) is 0 Å². The number of ether oxygens (including phenoxy) is 1. The molecule has 47 valence electrons. The third-order valence-electron chi connectivity index (χ3n) is 0.716. The highest BCUT2D eigenvalue weighted by Crippen LogP contribution is 1.87. The molecular weight excluding hydrogens is 108 g/mol. The van der Waals surface area contributed by atoms with Crippen molar-refractivity contribution >= 4 is 5.97 Å². The maximum absolute atomic E-state index is 9.94. The van der Waals surface area contributed by atoms with Gasteiger partial charge in [-0.2, -0.15) is 0 Å². The Hall–Kier alpha value is -0.570. The van der Waals surface area contributed by atoms with E-state index in [1.807, 2.05) is 0 Å². The van der Waals surface area contributed by atoms with Crippen molar-refractivity contribution in [1.82, 2.24) is 0 Å². The predicted molar refractivity (Wildman–Crippen MR) is 28.4 cm³/mol. The van der Waals surface area contributed by atoms with Crippen LogP contribution in [0.2, 0.25) is 0 Å². The second-order valence-electron chi connectivity index (χ2n) is 1.35. The van der Waals surface area contributed by atoms with Gasteiger partial charge in [0.2, 0.25) is 0 Å². The van der Waals surface area contributed by atoms with Gasteiger partial charge in [0.05, 0.1) is 0 Å². The molecule has 0 saturated carbocycles. The number of carboxylic acids is 1. The van der Waals surface area contributed by atoms with Crippen LogP contribution in [0.5, 0.6) is 0 Å². The van der Waals surface area contributed by atoms with Crippen molar-refractivity contribution in [1.29, 1.82) is 0 Å². The minimum absolute atomic E-state index is 0.202. The van der Waals surface area contributed by atoms with Crippen LogP contribution in [-0.2, 0) is 9.53 Å². The minimum Gasteiger partial charge on any atom is -0.479 e. The number of rotatable bonds is 3. The minimum atomic E-state index is -0.950. The zero-order chi connectivity index (χ0) is 6.57. The Labute approximate surface area is 48.3 Å². The quantitative estimate of drug-likeness (QED) is 0.578. The largest absolute Gasteiger partial charge is 0.479 e. The Morgan fingerprint density at radius 2 is 2.50 bits per heavy atom. The van der Waals surface area contributed by atoms with Crippen LogP contribution in [0.3, 0.4) is 0 Å². The second-order valence-corrected chi connectivity index (χ2v) is 1.35. The molecule has 0 fully saturated rings. The Kier molecular flexibility index (Phi) is 3.19. The molecule has 1 N–H and O–H groups in total. The van der Waals surface area contributed by atoms with Crippen molar-refractivity contribution in [3.05, 3.63) is 6.92 Å². The number of carbonyl (C=O) groups is 1. The molecular formula is C5H9O3. The third kappa shape index (κ3) is 2.58. The molecule has 3 nitrogen and oxygen atoms in total. The molecule has 1 unspecified atom stereocenters. The van der Waals surface area contributed by atoms with Gasteiger partial charge >= 0.3 is 5.97 Å². The third-order valence-corrected chi connectivity index (χ3v) is 0.716. The van der Waals surface area contributed by atoms with Crippen LogP contribution >= 0.6 is 0 Å². The molecule has 1 atom stereocenters. The van der Waals surface area contributed by atoms with E-state index in [4.69, 9.17) is 5.11 Å². The summed E-state index contributed by atoms with van der Waals surface area (Å²) in [5.74, 6) is -0.950. The highest BCUT2D eigenvalue weighted by Gasteiger charge is 2.07. The van der Waals surface area contributed by atoms with Crippen molar-refractivity contribution in [2.75, 3.05) is 6.61 Å². The fourth-order valence-electron chi connectivity index (χ4n) is 0.248. The lowest BCUT2D eigenvalue weighted by atomic mass is 10.4. The van der Waals surface area contributed by atoms with Crippen LogP contribution in [0.25, 0.3) is 0 Å². The van der Waals surface area contributed by atoms with Crippen LogP contribution in [0, 0.1) is 6.92 Å². The molecule has 0 spiro atoms. The first-order valence-electron chi connectivity index (χ1n) is 2.32. The van der Waals surface area contributed by atoms with E-state index in [-0.39, 0.29) is 6.61 Å². The number of aliphatic carboxylic acids is 1. The average Bonchev–Trinajstić information content (AvgIpc) is 1.67. The van der Waals surface area contributed by atoms with E-state index in [2.05, 4.69) is 11.7 Å². The summed E-state index contributed by atoms with van der Waals surface area (Å²) in [7, 11) is 0. The van der Waals surface area contributed by atoms with E-state index >= 15 is 0 Å². The number of carboxylic acid groups (broad SMARTS) is 1. The first kappa shape index (κ1) is 7.43. The summed E-state index contributed by atoms with van der Waals surface area (Å²) in [6, 6.07) is 0. The molecule has 0 rings (SSSR count). The molecule has 0 aliphatic rings. The number of hydrogen-bond acceptors (Lipinski definition) is 2. The normalized spacial score (nSPS) is 13.2. The van der Waals surface area contributed by atoms with Crippen molar-refractivity contribution in [2.45, 2.75) is 13.0 Å². The summed E-state index contributed by atoms with van der Waals surface area (Å²) in [5, 5.41) is 8.16. The van der Waals surface area contributed by atoms with Crippen molar-refractivity contribution in [2.24, 2.45) is 0 Å². The van der Waals surface area contributed by atoms with E-state index < -0.39 is 12.1 Å². The molecule has 0 amide bonds. The lowest BCUT2D eigenvalue weighted by Gasteiger charge is -2.02. The molecule has 3 heteroatoms. The van der Waals surface area contributed by atoms with Gasteiger partial charge in [0.15, 0.2) is 6.10 Å². The van der Waals surface area contributed by atoms with Crippen molar-refractivity contribution in [3.8, 4) is 0 Å². The molecule has 8 heavy (non-hydrogen) atoms. The zero-order valence-corrected chi connectivity index (χ0v) is 4.76. The van der Waals surface area contributed by atoms with Gasteiger partial charge in [-0.15, -0.1) is 0 Å². The lowest BCUT2D eigenvalue weighted by Crippen LogP contribution is -2.19. The maximum atomic E-state index is 9.94. The van der Waals surface area contributed by atoms with Gasteiger partial charge in [0.1, 0.15) is 0 Å². The monoisotopic (exact) mass is 117 g/mol. The summed E-state index contributed by atoms with van der Waals surface area (Å²) in [4.78, 5) is 9.94. The number of hydrogen-bond donors (Lipinski definition) is 1. The predicted octanol–water partition coefficient (Wildman–Crippen LogP) is 0.310. The molecule has 0 aliphatic heterocycles. The maximum Gasteiger partial charge on any atom is 0.332 e. The summed E-state index contributed by atoms with van der Waals surface area (Å²) < 4.78 is 4.59. The molecule has 0 aromatic heterocycles. The molecule has 0 aromatic rings. The van der Waals surface area contributed by atoms with E-state index in [0.29, 0.717) is 0 Å². The highest BCUT2D eigenvalue weighted by molar-refractivity contribution is 5.71. The Morgan fingerprint density at radius 3 is 2.62 bits per heavy atom. The molecule has 1 radical (unpaired) electrons. The average molecular weight is 117 g/mol. The van der Waals surface area contributed by atoms with Gasteiger partial charge in [0.25, 0.3) is 0 Å². The zero-order valence-electron chi connectivity index (χ0n) is 4.76. The van der Waals surface area contributed by atoms with Crippen LogP contribution in [0.4, 0.5) is 0 Å².